The maximum Gasteiger partial charge on any atom is 0.220 e. The van der Waals surface area contributed by atoms with E-state index in [-0.39, 0.29) is 18.1 Å². The number of hydrogen-bond donors (Lipinski definition) is 2. The minimum Gasteiger partial charge on any atom is -0.394 e. The summed E-state index contributed by atoms with van der Waals surface area (Å²) in [5, 5.41) is 12.4. The summed E-state index contributed by atoms with van der Waals surface area (Å²) in [4.78, 5) is 12.0. The Bertz CT molecular complexity index is 247. The molecule has 0 saturated heterocycles. The highest BCUT2D eigenvalue weighted by molar-refractivity contribution is 5.77. The SMILES string of the molecule is O=C(CC1CCCCCC1)NC1(CO)CCC1. The molecule has 2 aliphatic rings. The van der Waals surface area contributed by atoms with Gasteiger partial charge in [0.15, 0.2) is 0 Å². The number of carbonyl (C=O) groups is 1. The van der Waals surface area contributed by atoms with Gasteiger partial charge >= 0.3 is 0 Å². The third-order valence-electron chi connectivity index (χ3n) is 4.47. The number of nitrogens with one attached hydrogen (secondary N) is 1. The first kappa shape index (κ1) is 12.9. The number of hydrogen-bond acceptors (Lipinski definition) is 2. The standard InChI is InChI=1S/C14H25NO2/c16-11-14(8-5-9-14)15-13(17)10-12-6-3-1-2-4-7-12/h12,16H,1-11H2,(H,15,17). The number of rotatable bonds is 4. The minimum atomic E-state index is -0.262. The van der Waals surface area contributed by atoms with Crippen LogP contribution in [0.5, 0.6) is 0 Å². The molecule has 0 bridgehead atoms. The molecule has 2 aliphatic carbocycles. The summed E-state index contributed by atoms with van der Waals surface area (Å²) in [5.74, 6) is 0.735. The Morgan fingerprint density at radius 2 is 1.76 bits per heavy atom. The van der Waals surface area contributed by atoms with Crippen molar-refractivity contribution in [2.45, 2.75) is 69.7 Å². The fourth-order valence-corrected chi connectivity index (χ4v) is 3.10. The van der Waals surface area contributed by atoms with Crippen LogP contribution in [-0.2, 0) is 4.79 Å². The molecule has 0 unspecified atom stereocenters. The van der Waals surface area contributed by atoms with E-state index in [1.165, 1.54) is 38.5 Å². The molecule has 0 atom stereocenters. The maximum atomic E-state index is 12.0. The summed E-state index contributed by atoms with van der Waals surface area (Å²) in [5.41, 5.74) is -0.262. The summed E-state index contributed by atoms with van der Waals surface area (Å²) in [6, 6.07) is 0. The molecule has 0 radical (unpaired) electrons. The molecule has 1 amide bonds. The molecule has 0 aliphatic heterocycles. The smallest absolute Gasteiger partial charge is 0.220 e. The lowest BCUT2D eigenvalue weighted by Gasteiger charge is -2.41. The predicted octanol–water partition coefficient (Wildman–Crippen LogP) is 2.38. The second kappa shape index (κ2) is 5.85. The Morgan fingerprint density at radius 3 is 2.24 bits per heavy atom. The van der Waals surface area contributed by atoms with E-state index in [2.05, 4.69) is 5.32 Å². The average molecular weight is 239 g/mol. The molecule has 0 aromatic heterocycles. The van der Waals surface area contributed by atoms with Crippen LogP contribution in [0.15, 0.2) is 0 Å². The molecule has 98 valence electrons. The van der Waals surface area contributed by atoms with Crippen LogP contribution in [0.2, 0.25) is 0 Å². The number of aliphatic hydroxyl groups excluding tert-OH is 1. The zero-order valence-electron chi connectivity index (χ0n) is 10.7. The second-order valence-corrected chi connectivity index (χ2v) is 5.90. The molecule has 0 aromatic rings. The van der Waals surface area contributed by atoms with Gasteiger partial charge in [0, 0.05) is 6.42 Å². The topological polar surface area (TPSA) is 49.3 Å². The highest BCUT2D eigenvalue weighted by atomic mass is 16.3. The molecule has 0 aromatic carbocycles. The number of carbonyl (C=O) groups excluding carboxylic acids is 1. The van der Waals surface area contributed by atoms with E-state index in [1.54, 1.807) is 0 Å². The summed E-state index contributed by atoms with van der Waals surface area (Å²) < 4.78 is 0. The van der Waals surface area contributed by atoms with Crippen molar-refractivity contribution in [2.75, 3.05) is 6.61 Å². The summed E-state index contributed by atoms with van der Waals surface area (Å²) >= 11 is 0. The average Bonchev–Trinajstić information content (AvgIpc) is 2.52. The lowest BCUT2D eigenvalue weighted by Crippen LogP contribution is -2.56. The fourth-order valence-electron chi connectivity index (χ4n) is 3.10. The van der Waals surface area contributed by atoms with Crippen molar-refractivity contribution >= 4 is 5.91 Å². The van der Waals surface area contributed by atoms with Crippen LogP contribution in [0.4, 0.5) is 0 Å². The predicted molar refractivity (Wildman–Crippen MR) is 67.6 cm³/mol. The monoisotopic (exact) mass is 239 g/mol. The molecular weight excluding hydrogens is 214 g/mol. The zero-order chi connectivity index (χ0) is 12.1. The van der Waals surface area contributed by atoms with E-state index in [4.69, 9.17) is 0 Å². The molecule has 3 nitrogen and oxygen atoms in total. The Morgan fingerprint density at radius 1 is 1.12 bits per heavy atom. The van der Waals surface area contributed by atoms with Crippen molar-refractivity contribution in [2.24, 2.45) is 5.92 Å². The summed E-state index contributed by atoms with van der Waals surface area (Å²) in [6.45, 7) is 0.101. The van der Waals surface area contributed by atoms with Gasteiger partial charge in [0.25, 0.3) is 0 Å². The Labute approximate surface area is 104 Å². The lowest BCUT2D eigenvalue weighted by molar-refractivity contribution is -0.126. The largest absolute Gasteiger partial charge is 0.394 e. The first-order valence-electron chi connectivity index (χ1n) is 7.16. The van der Waals surface area contributed by atoms with Crippen LogP contribution in [0, 0.1) is 5.92 Å². The Kier molecular flexibility index (Phi) is 4.43. The third-order valence-corrected chi connectivity index (χ3v) is 4.47. The minimum absolute atomic E-state index is 0.101. The molecule has 2 N–H and O–H groups in total. The maximum absolute atomic E-state index is 12.0. The first-order chi connectivity index (χ1) is 8.24. The van der Waals surface area contributed by atoms with E-state index in [9.17, 15) is 9.90 Å². The van der Waals surface area contributed by atoms with Crippen molar-refractivity contribution in [1.82, 2.24) is 5.32 Å². The van der Waals surface area contributed by atoms with Crippen molar-refractivity contribution in [3.63, 3.8) is 0 Å². The quantitative estimate of drug-likeness (QED) is 0.740. The van der Waals surface area contributed by atoms with Crippen LogP contribution < -0.4 is 5.32 Å². The molecular formula is C14H25NO2. The van der Waals surface area contributed by atoms with Gasteiger partial charge < -0.3 is 10.4 Å². The van der Waals surface area contributed by atoms with Gasteiger partial charge in [-0.15, -0.1) is 0 Å². The van der Waals surface area contributed by atoms with Crippen molar-refractivity contribution in [3.8, 4) is 0 Å². The van der Waals surface area contributed by atoms with E-state index in [1.807, 2.05) is 0 Å². The van der Waals surface area contributed by atoms with E-state index in [0.717, 1.165) is 19.3 Å². The Hall–Kier alpha value is -0.570. The van der Waals surface area contributed by atoms with Crippen molar-refractivity contribution in [1.29, 1.82) is 0 Å². The molecule has 2 rings (SSSR count). The van der Waals surface area contributed by atoms with Gasteiger partial charge in [0.1, 0.15) is 0 Å². The Balaban J connectivity index is 1.76. The van der Waals surface area contributed by atoms with Crippen LogP contribution in [-0.4, -0.2) is 23.2 Å². The zero-order valence-corrected chi connectivity index (χ0v) is 10.7. The summed E-state index contributed by atoms with van der Waals surface area (Å²) in [6.07, 6.45) is 11.3. The van der Waals surface area contributed by atoms with Gasteiger partial charge in [0.05, 0.1) is 12.1 Å². The molecule has 2 fully saturated rings. The molecule has 17 heavy (non-hydrogen) atoms. The summed E-state index contributed by atoms with van der Waals surface area (Å²) in [7, 11) is 0. The second-order valence-electron chi connectivity index (χ2n) is 5.90. The van der Waals surface area contributed by atoms with Gasteiger partial charge in [-0.3, -0.25) is 4.79 Å². The highest BCUT2D eigenvalue weighted by Crippen LogP contribution is 2.32. The molecule has 3 heteroatoms. The van der Waals surface area contributed by atoms with E-state index < -0.39 is 0 Å². The first-order valence-corrected chi connectivity index (χ1v) is 7.16. The normalized spacial score (nSPS) is 24.8. The third kappa shape index (κ3) is 3.44. The van der Waals surface area contributed by atoms with Gasteiger partial charge in [0.2, 0.25) is 5.91 Å². The van der Waals surface area contributed by atoms with Crippen LogP contribution in [0.1, 0.15) is 64.2 Å². The van der Waals surface area contributed by atoms with Gasteiger partial charge in [-0.25, -0.2) is 0 Å². The molecule has 2 saturated carbocycles. The molecule has 0 spiro atoms. The number of amides is 1. The van der Waals surface area contributed by atoms with Crippen molar-refractivity contribution in [3.05, 3.63) is 0 Å². The van der Waals surface area contributed by atoms with Crippen molar-refractivity contribution < 1.29 is 9.90 Å². The van der Waals surface area contributed by atoms with E-state index >= 15 is 0 Å². The molecule has 0 heterocycles. The van der Waals surface area contributed by atoms with Crippen LogP contribution in [0.3, 0.4) is 0 Å². The van der Waals surface area contributed by atoms with Gasteiger partial charge in [-0.1, -0.05) is 25.7 Å². The van der Waals surface area contributed by atoms with Gasteiger partial charge in [-0.2, -0.15) is 0 Å². The van der Waals surface area contributed by atoms with Gasteiger partial charge in [-0.05, 0) is 38.0 Å². The van der Waals surface area contributed by atoms with Crippen LogP contribution >= 0.6 is 0 Å². The lowest BCUT2D eigenvalue weighted by atomic mass is 9.77. The number of aliphatic hydroxyl groups is 1. The van der Waals surface area contributed by atoms with E-state index in [0.29, 0.717) is 12.3 Å². The fraction of sp³-hybridized carbons (Fsp3) is 0.929. The highest BCUT2D eigenvalue weighted by Gasteiger charge is 2.37. The van der Waals surface area contributed by atoms with Crippen LogP contribution in [0.25, 0.3) is 0 Å².